The van der Waals surface area contributed by atoms with Crippen LogP contribution in [0.5, 0.6) is 0 Å². The smallest absolute Gasteiger partial charge is 0.360 e. The summed E-state index contributed by atoms with van der Waals surface area (Å²) >= 11 is 0. The van der Waals surface area contributed by atoms with Gasteiger partial charge in [-0.15, -0.1) is 0 Å². The number of nitrogens with one attached hydrogen (secondary N) is 1. The third-order valence-corrected chi connectivity index (χ3v) is 1.66. The van der Waals surface area contributed by atoms with Gasteiger partial charge in [-0.3, -0.25) is 0 Å². The number of methoxy groups -OCH3 is 1. The molecular weight excluding hydrogens is 208 g/mol. The molecule has 0 radical (unpaired) electrons. The zero-order valence-corrected chi connectivity index (χ0v) is 9.07. The number of carbonyl (C=O) groups excluding carboxylic acids is 1. The van der Waals surface area contributed by atoms with E-state index < -0.39 is 5.97 Å². The Morgan fingerprint density at radius 1 is 1.69 bits per heavy atom. The summed E-state index contributed by atoms with van der Waals surface area (Å²) in [5.74, 6) is 4.95. The van der Waals surface area contributed by atoms with Crippen molar-refractivity contribution < 1.29 is 9.53 Å². The molecule has 0 aromatic carbocycles. The average molecular weight is 220 g/mol. The van der Waals surface area contributed by atoms with Gasteiger partial charge in [0.05, 0.1) is 19.9 Å². The number of hydrogen-bond donors (Lipinski definition) is 2. The van der Waals surface area contributed by atoms with Crippen molar-refractivity contribution in [2.24, 2.45) is 0 Å². The van der Waals surface area contributed by atoms with E-state index in [0.717, 1.165) is 0 Å². The van der Waals surface area contributed by atoms with Crippen molar-refractivity contribution in [3.63, 3.8) is 0 Å². The second-order valence-electron chi connectivity index (χ2n) is 2.81. The summed E-state index contributed by atoms with van der Waals surface area (Å²) < 4.78 is 4.52. The molecule has 0 aliphatic carbocycles. The summed E-state index contributed by atoms with van der Waals surface area (Å²) in [7, 11) is 3.03. The minimum absolute atomic E-state index is 0.0150. The van der Waals surface area contributed by atoms with E-state index in [1.807, 2.05) is 0 Å². The van der Waals surface area contributed by atoms with Gasteiger partial charge >= 0.3 is 5.97 Å². The summed E-state index contributed by atoms with van der Waals surface area (Å²) in [6.07, 6.45) is 1.41. The monoisotopic (exact) mass is 220 g/mol. The Hall–Kier alpha value is -2.13. The molecule has 0 saturated carbocycles. The highest BCUT2D eigenvalue weighted by Crippen LogP contribution is 2.06. The molecule has 1 aromatic heterocycles. The zero-order chi connectivity index (χ0) is 12.0. The summed E-state index contributed by atoms with van der Waals surface area (Å²) in [4.78, 5) is 19.0. The molecular formula is C10H12N4O2. The van der Waals surface area contributed by atoms with E-state index >= 15 is 0 Å². The zero-order valence-electron chi connectivity index (χ0n) is 9.07. The molecule has 16 heavy (non-hydrogen) atoms. The van der Waals surface area contributed by atoms with Crippen molar-refractivity contribution >= 4 is 11.8 Å². The van der Waals surface area contributed by atoms with Crippen LogP contribution < -0.4 is 11.1 Å². The lowest BCUT2D eigenvalue weighted by molar-refractivity contribution is 0.0595. The molecule has 1 aromatic rings. The van der Waals surface area contributed by atoms with Crippen LogP contribution in [0.4, 0.5) is 5.82 Å². The maximum Gasteiger partial charge on any atom is 0.360 e. The first-order valence-corrected chi connectivity index (χ1v) is 4.53. The minimum atomic E-state index is -0.623. The highest BCUT2D eigenvalue weighted by molar-refractivity contribution is 5.91. The molecule has 0 atom stereocenters. The topological polar surface area (TPSA) is 90.1 Å². The fourth-order valence-electron chi connectivity index (χ4n) is 0.929. The van der Waals surface area contributed by atoms with E-state index in [-0.39, 0.29) is 11.5 Å². The van der Waals surface area contributed by atoms with Gasteiger partial charge in [-0.05, 0) is 13.0 Å². The Balaban J connectivity index is 2.99. The number of nitrogens with zero attached hydrogens (tertiary/aromatic N) is 2. The fraction of sp³-hybridized carbons (Fsp3) is 0.300. The highest BCUT2D eigenvalue weighted by Gasteiger charge is 2.13. The van der Waals surface area contributed by atoms with E-state index in [4.69, 9.17) is 5.73 Å². The van der Waals surface area contributed by atoms with Gasteiger partial charge in [0, 0.05) is 0 Å². The molecule has 0 amide bonds. The van der Waals surface area contributed by atoms with Gasteiger partial charge in [0.15, 0.2) is 11.5 Å². The van der Waals surface area contributed by atoms with Gasteiger partial charge in [0.25, 0.3) is 0 Å². The molecule has 6 nitrogen and oxygen atoms in total. The second kappa shape index (κ2) is 5.68. The van der Waals surface area contributed by atoms with Gasteiger partial charge in [-0.2, -0.15) is 0 Å². The van der Waals surface area contributed by atoms with Gasteiger partial charge < -0.3 is 15.8 Å². The SMILES string of the molecule is CNCC#Cc1cnc(N)c(C(=O)OC)n1. The third-order valence-electron chi connectivity index (χ3n) is 1.66. The Bertz CT molecular complexity index is 448. The van der Waals surface area contributed by atoms with Crippen molar-refractivity contribution in [1.82, 2.24) is 15.3 Å². The molecule has 1 rings (SSSR count). The number of aromatic nitrogens is 2. The van der Waals surface area contributed by atoms with Crippen LogP contribution >= 0.6 is 0 Å². The van der Waals surface area contributed by atoms with Crippen molar-refractivity contribution in [3.05, 3.63) is 17.6 Å². The maximum atomic E-state index is 11.3. The van der Waals surface area contributed by atoms with E-state index in [2.05, 4.69) is 31.9 Å². The van der Waals surface area contributed by atoms with Crippen molar-refractivity contribution in [3.8, 4) is 11.8 Å². The number of esters is 1. The lowest BCUT2D eigenvalue weighted by Crippen LogP contribution is -2.11. The summed E-state index contributed by atoms with van der Waals surface area (Å²) in [6.45, 7) is 0.527. The normalized spacial score (nSPS) is 9.12. The van der Waals surface area contributed by atoms with E-state index in [0.29, 0.717) is 12.2 Å². The summed E-state index contributed by atoms with van der Waals surface area (Å²) in [5.41, 5.74) is 5.85. The second-order valence-corrected chi connectivity index (χ2v) is 2.81. The predicted molar refractivity (Wildman–Crippen MR) is 58.6 cm³/mol. The first kappa shape index (κ1) is 11.9. The Morgan fingerprint density at radius 2 is 2.44 bits per heavy atom. The maximum absolute atomic E-state index is 11.3. The average Bonchev–Trinajstić information content (AvgIpc) is 2.30. The minimum Gasteiger partial charge on any atom is -0.464 e. The van der Waals surface area contributed by atoms with E-state index in [1.165, 1.54) is 13.3 Å². The first-order valence-electron chi connectivity index (χ1n) is 4.53. The van der Waals surface area contributed by atoms with Crippen molar-refractivity contribution in [1.29, 1.82) is 0 Å². The van der Waals surface area contributed by atoms with Crippen LogP contribution in [0.15, 0.2) is 6.20 Å². The van der Waals surface area contributed by atoms with E-state index in [1.54, 1.807) is 7.05 Å². The van der Waals surface area contributed by atoms with Crippen LogP contribution in [-0.4, -0.2) is 36.6 Å². The lowest BCUT2D eigenvalue weighted by atomic mass is 10.3. The predicted octanol–water partition coefficient (Wildman–Crippen LogP) is -0.584. The molecule has 0 spiro atoms. The fourth-order valence-corrected chi connectivity index (χ4v) is 0.929. The number of carbonyl (C=O) groups is 1. The summed E-state index contributed by atoms with van der Waals surface area (Å²) in [5, 5.41) is 2.86. The van der Waals surface area contributed by atoms with Crippen molar-refractivity contribution in [2.45, 2.75) is 0 Å². The van der Waals surface area contributed by atoms with Crippen LogP contribution in [0.25, 0.3) is 0 Å². The van der Waals surface area contributed by atoms with Crippen LogP contribution in [0.1, 0.15) is 16.2 Å². The summed E-state index contributed by atoms with van der Waals surface area (Å²) in [6, 6.07) is 0. The van der Waals surface area contributed by atoms with Gasteiger partial charge in [-0.25, -0.2) is 14.8 Å². The third kappa shape index (κ3) is 2.93. The van der Waals surface area contributed by atoms with Gasteiger partial charge in [-0.1, -0.05) is 5.92 Å². The molecule has 3 N–H and O–H groups in total. The molecule has 6 heteroatoms. The van der Waals surface area contributed by atoms with Gasteiger partial charge in [0.2, 0.25) is 0 Å². The highest BCUT2D eigenvalue weighted by atomic mass is 16.5. The Morgan fingerprint density at radius 3 is 3.06 bits per heavy atom. The molecule has 0 saturated heterocycles. The molecule has 84 valence electrons. The van der Waals surface area contributed by atoms with Crippen molar-refractivity contribution in [2.75, 3.05) is 26.4 Å². The van der Waals surface area contributed by atoms with Crippen LogP contribution in [-0.2, 0) is 4.74 Å². The number of hydrogen-bond acceptors (Lipinski definition) is 6. The molecule has 0 fully saturated rings. The molecule has 0 aliphatic heterocycles. The standard InChI is InChI=1S/C10H12N4O2/c1-12-5-3-4-7-6-13-9(11)8(14-7)10(15)16-2/h6,12H,5H2,1-2H3,(H2,11,13). The molecule has 0 aliphatic rings. The Kier molecular flexibility index (Phi) is 4.24. The van der Waals surface area contributed by atoms with Crippen LogP contribution in [0.3, 0.4) is 0 Å². The number of rotatable bonds is 2. The first-order chi connectivity index (χ1) is 7.69. The van der Waals surface area contributed by atoms with Crippen LogP contribution in [0, 0.1) is 11.8 Å². The quantitative estimate of drug-likeness (QED) is 0.511. The largest absolute Gasteiger partial charge is 0.464 e. The van der Waals surface area contributed by atoms with E-state index in [9.17, 15) is 4.79 Å². The lowest BCUT2D eigenvalue weighted by Gasteiger charge is -2.01. The molecule has 0 bridgehead atoms. The number of nitrogens with two attached hydrogens (primary N) is 1. The number of ether oxygens (including phenoxy) is 1. The molecule has 1 heterocycles. The number of anilines is 1. The van der Waals surface area contributed by atoms with Gasteiger partial charge in [0.1, 0.15) is 5.69 Å². The number of nitrogen functional groups attached to an aromatic ring is 1. The Labute approximate surface area is 93.2 Å². The van der Waals surface area contributed by atoms with Crippen LogP contribution in [0.2, 0.25) is 0 Å². The molecule has 0 unspecified atom stereocenters.